The summed E-state index contributed by atoms with van der Waals surface area (Å²) in [6, 6.07) is 17.6. The van der Waals surface area contributed by atoms with E-state index >= 15 is 0 Å². The number of hydrogen-bond donors (Lipinski definition) is 3. The molecule has 1 heterocycles. The Bertz CT molecular complexity index is 1220. The van der Waals surface area contributed by atoms with Crippen molar-refractivity contribution in [3.05, 3.63) is 71.4 Å². The van der Waals surface area contributed by atoms with Crippen LogP contribution in [0.25, 0.3) is 10.9 Å². The van der Waals surface area contributed by atoms with Gasteiger partial charge in [-0.25, -0.2) is 5.48 Å². The van der Waals surface area contributed by atoms with Crippen LogP contribution in [0.15, 0.2) is 54.6 Å². The lowest BCUT2D eigenvalue weighted by atomic mass is 9.91. The third-order valence-electron chi connectivity index (χ3n) is 6.21. The normalized spacial score (nSPS) is 19.5. The summed E-state index contributed by atoms with van der Waals surface area (Å²) in [5.41, 5.74) is 4.30. The molecule has 7 nitrogen and oxygen atoms in total. The fourth-order valence-electron chi connectivity index (χ4n) is 4.46. The molecule has 2 aromatic carbocycles. The van der Waals surface area contributed by atoms with Gasteiger partial charge < -0.3 is 10.1 Å². The molecule has 2 atom stereocenters. The van der Waals surface area contributed by atoms with Crippen LogP contribution in [-0.2, 0) is 22.6 Å². The van der Waals surface area contributed by atoms with Gasteiger partial charge in [0, 0.05) is 22.2 Å². The molecule has 1 fully saturated rings. The van der Waals surface area contributed by atoms with Crippen molar-refractivity contribution >= 4 is 22.7 Å². The molecular weight excluding hydrogens is 430 g/mol. The molecule has 0 radical (unpaired) electrons. The molecule has 7 heteroatoms. The third kappa shape index (κ3) is 5.04. The van der Waals surface area contributed by atoms with Gasteiger partial charge in [-0.15, -0.1) is 0 Å². The topological polar surface area (TPSA) is 101 Å². The molecule has 1 aromatic heterocycles. The number of hydroxylamine groups is 1. The van der Waals surface area contributed by atoms with Gasteiger partial charge in [0.25, 0.3) is 0 Å². The number of hydrogen-bond acceptors (Lipinski definition) is 5. The van der Waals surface area contributed by atoms with Crippen molar-refractivity contribution in [2.45, 2.75) is 52.7 Å². The van der Waals surface area contributed by atoms with E-state index in [1.54, 1.807) is 5.48 Å². The highest BCUT2D eigenvalue weighted by atomic mass is 16.5. The summed E-state index contributed by atoms with van der Waals surface area (Å²) in [5.74, 6) is -0.535. The summed E-state index contributed by atoms with van der Waals surface area (Å²) < 4.78 is 6.04. The quantitative estimate of drug-likeness (QED) is 0.363. The first-order chi connectivity index (χ1) is 16.1. The van der Waals surface area contributed by atoms with Crippen molar-refractivity contribution in [3.8, 4) is 5.75 Å². The van der Waals surface area contributed by atoms with E-state index in [0.29, 0.717) is 19.4 Å². The first-order valence-corrected chi connectivity index (χ1v) is 11.4. The summed E-state index contributed by atoms with van der Waals surface area (Å²) in [4.78, 5) is 29.7. The Morgan fingerprint density at radius 1 is 1.15 bits per heavy atom. The van der Waals surface area contributed by atoms with E-state index in [1.165, 1.54) is 0 Å². The first-order valence-electron chi connectivity index (χ1n) is 11.4. The molecule has 0 bridgehead atoms. The number of fused-ring (bicyclic) bond motifs is 1. The van der Waals surface area contributed by atoms with E-state index in [-0.39, 0.29) is 5.91 Å². The number of aryl methyl sites for hydroxylation is 1. The third-order valence-corrected chi connectivity index (χ3v) is 6.21. The van der Waals surface area contributed by atoms with Gasteiger partial charge >= 0.3 is 0 Å². The minimum Gasteiger partial charge on any atom is -0.489 e. The summed E-state index contributed by atoms with van der Waals surface area (Å²) in [7, 11) is 0. The van der Waals surface area contributed by atoms with Crippen LogP contribution in [0.2, 0.25) is 0 Å². The molecule has 4 rings (SSSR count). The lowest BCUT2D eigenvalue weighted by molar-refractivity contribution is -0.136. The van der Waals surface area contributed by atoms with Crippen molar-refractivity contribution in [2.75, 3.05) is 0 Å². The van der Waals surface area contributed by atoms with Crippen molar-refractivity contribution in [3.63, 3.8) is 0 Å². The van der Waals surface area contributed by atoms with E-state index in [2.05, 4.69) is 10.3 Å². The van der Waals surface area contributed by atoms with Crippen molar-refractivity contribution in [1.82, 2.24) is 15.8 Å². The Morgan fingerprint density at radius 2 is 1.85 bits per heavy atom. The smallest absolute Gasteiger partial charge is 0.247 e. The zero-order chi connectivity index (χ0) is 24.5. The summed E-state index contributed by atoms with van der Waals surface area (Å²) in [5, 5.41) is 13.1. The van der Waals surface area contributed by atoms with E-state index in [1.807, 2.05) is 82.3 Å². The van der Waals surface area contributed by atoms with E-state index in [0.717, 1.165) is 33.5 Å². The Labute approximate surface area is 199 Å². The second-order valence-electron chi connectivity index (χ2n) is 10.1. The highest BCUT2D eigenvalue weighted by Crippen LogP contribution is 2.55. The highest BCUT2D eigenvalue weighted by Gasteiger charge is 2.63. The van der Waals surface area contributed by atoms with Gasteiger partial charge in [0.15, 0.2) is 0 Å². The molecule has 0 aliphatic heterocycles. The van der Waals surface area contributed by atoms with Crippen LogP contribution in [0.1, 0.15) is 44.0 Å². The molecule has 2 unspecified atom stereocenters. The zero-order valence-electron chi connectivity index (χ0n) is 20.0. The molecule has 3 aromatic rings. The number of carbonyl (C=O) groups excluding carboxylic acids is 2. The van der Waals surface area contributed by atoms with Crippen molar-refractivity contribution < 1.29 is 19.5 Å². The second-order valence-corrected chi connectivity index (χ2v) is 10.1. The van der Waals surface area contributed by atoms with Gasteiger partial charge in [-0.1, -0.05) is 30.3 Å². The molecule has 1 saturated carbocycles. The van der Waals surface area contributed by atoms with Crippen LogP contribution < -0.4 is 15.5 Å². The zero-order valence-corrected chi connectivity index (χ0v) is 20.0. The van der Waals surface area contributed by atoms with Gasteiger partial charge in [0.1, 0.15) is 12.4 Å². The lowest BCUT2D eigenvalue weighted by Crippen LogP contribution is -2.46. The van der Waals surface area contributed by atoms with Crippen LogP contribution in [0.3, 0.4) is 0 Å². The number of rotatable bonds is 7. The Hall–Kier alpha value is -3.45. The molecule has 178 valence electrons. The number of nitrogens with one attached hydrogen (secondary N) is 2. The maximum absolute atomic E-state index is 13.0. The van der Waals surface area contributed by atoms with Crippen LogP contribution in [0, 0.1) is 18.3 Å². The predicted molar refractivity (Wildman–Crippen MR) is 129 cm³/mol. The van der Waals surface area contributed by atoms with Crippen LogP contribution >= 0.6 is 0 Å². The average molecular weight is 462 g/mol. The highest BCUT2D eigenvalue weighted by molar-refractivity contribution is 5.96. The SMILES string of the molecule is Cc1cc(COc2ccc(CC3(C(=O)NC(C)(C)C)CC3C(=O)NO)cc2)c2ccccc2n1. The minimum absolute atomic E-state index is 0.172. The molecule has 0 spiro atoms. The van der Waals surface area contributed by atoms with Crippen molar-refractivity contribution in [2.24, 2.45) is 11.3 Å². The Balaban J connectivity index is 1.47. The monoisotopic (exact) mass is 461 g/mol. The number of ether oxygens (including phenoxy) is 1. The fraction of sp³-hybridized carbons (Fsp3) is 0.370. The number of nitrogens with zero attached hydrogens (tertiary/aromatic N) is 1. The maximum atomic E-state index is 13.0. The second kappa shape index (κ2) is 9.06. The molecular formula is C27H31N3O4. The summed E-state index contributed by atoms with van der Waals surface area (Å²) in [6.07, 6.45) is 0.801. The molecule has 2 amide bonds. The Kier molecular flexibility index (Phi) is 6.32. The van der Waals surface area contributed by atoms with Crippen LogP contribution in [-0.4, -0.2) is 27.5 Å². The van der Waals surface area contributed by atoms with Gasteiger partial charge in [0.05, 0.1) is 16.8 Å². The van der Waals surface area contributed by atoms with Gasteiger partial charge in [0.2, 0.25) is 11.8 Å². The molecule has 3 N–H and O–H groups in total. The predicted octanol–water partition coefficient (Wildman–Crippen LogP) is 4.09. The van der Waals surface area contributed by atoms with Gasteiger partial charge in [-0.2, -0.15) is 0 Å². The standard InChI is InChI=1S/C27H31N3O4/c1-17-13-19(21-7-5-6-8-23(21)28-17)16-34-20-11-9-18(10-12-20)14-27(15-22(27)24(31)30-33)25(32)29-26(2,3)4/h5-13,22,33H,14-16H2,1-4H3,(H,29,32)(H,30,31). The molecule has 0 saturated heterocycles. The van der Waals surface area contributed by atoms with E-state index in [4.69, 9.17) is 9.94 Å². The number of amides is 2. The van der Waals surface area contributed by atoms with Crippen LogP contribution in [0.4, 0.5) is 0 Å². The number of aromatic nitrogens is 1. The first kappa shape index (κ1) is 23.7. The number of benzene rings is 2. The summed E-state index contributed by atoms with van der Waals surface area (Å²) in [6.45, 7) is 8.10. The number of carbonyl (C=O) groups is 2. The summed E-state index contributed by atoms with van der Waals surface area (Å²) >= 11 is 0. The van der Waals surface area contributed by atoms with E-state index < -0.39 is 22.8 Å². The Morgan fingerprint density at radius 3 is 2.53 bits per heavy atom. The number of para-hydroxylation sites is 1. The average Bonchev–Trinajstić information content (AvgIpc) is 3.52. The van der Waals surface area contributed by atoms with Crippen LogP contribution in [0.5, 0.6) is 5.75 Å². The van der Waals surface area contributed by atoms with Crippen molar-refractivity contribution in [1.29, 1.82) is 0 Å². The van der Waals surface area contributed by atoms with Gasteiger partial charge in [-0.3, -0.25) is 19.8 Å². The largest absolute Gasteiger partial charge is 0.489 e. The molecule has 34 heavy (non-hydrogen) atoms. The fourth-order valence-corrected chi connectivity index (χ4v) is 4.46. The van der Waals surface area contributed by atoms with E-state index in [9.17, 15) is 9.59 Å². The maximum Gasteiger partial charge on any atom is 0.247 e. The number of pyridine rings is 1. The molecule has 1 aliphatic rings. The lowest BCUT2D eigenvalue weighted by Gasteiger charge is -2.25. The molecule has 1 aliphatic carbocycles. The van der Waals surface area contributed by atoms with Gasteiger partial charge in [-0.05, 0) is 70.4 Å². The minimum atomic E-state index is -0.865.